The molecule has 0 unspecified atom stereocenters. The van der Waals surface area contributed by atoms with Crippen LogP contribution in [0.3, 0.4) is 0 Å². The van der Waals surface area contributed by atoms with E-state index in [1.165, 1.54) is 11.4 Å². The van der Waals surface area contributed by atoms with Crippen LogP contribution in [0.5, 0.6) is 0 Å². The van der Waals surface area contributed by atoms with E-state index in [4.69, 9.17) is 0 Å². The molecule has 0 fully saturated rings. The highest BCUT2D eigenvalue weighted by atomic mass is 35.5. The van der Waals surface area contributed by atoms with Crippen molar-refractivity contribution in [2.75, 3.05) is 7.05 Å². The van der Waals surface area contributed by atoms with Gasteiger partial charge < -0.3 is 0 Å². The van der Waals surface area contributed by atoms with Crippen LogP contribution in [-0.2, 0) is 5.54 Å². The van der Waals surface area contributed by atoms with Gasteiger partial charge in [0.25, 0.3) is 0 Å². The SMILES string of the molecule is CNC(c1ccccc1)(C(F)(F)F)C(F)(F)F.Cl. The van der Waals surface area contributed by atoms with Crippen LogP contribution in [-0.4, -0.2) is 19.4 Å². The summed E-state index contributed by atoms with van der Waals surface area (Å²) >= 11 is 0. The minimum absolute atomic E-state index is 0. The van der Waals surface area contributed by atoms with E-state index in [2.05, 4.69) is 0 Å². The predicted molar refractivity (Wildman–Crippen MR) is 56.5 cm³/mol. The molecule has 0 amide bonds. The fourth-order valence-electron chi connectivity index (χ4n) is 1.60. The average molecular weight is 294 g/mol. The molecule has 0 aliphatic heterocycles. The fourth-order valence-corrected chi connectivity index (χ4v) is 1.60. The third-order valence-electron chi connectivity index (χ3n) is 2.43. The second kappa shape index (κ2) is 5.36. The lowest BCUT2D eigenvalue weighted by molar-refractivity contribution is -0.312. The molecule has 0 aliphatic carbocycles. The maximum Gasteiger partial charge on any atom is 0.419 e. The number of nitrogens with one attached hydrogen (secondary N) is 1. The van der Waals surface area contributed by atoms with Crippen LogP contribution in [0.4, 0.5) is 26.3 Å². The predicted octanol–water partition coefficient (Wildman–Crippen LogP) is 3.65. The molecule has 1 N–H and O–H groups in total. The van der Waals surface area contributed by atoms with Crippen molar-refractivity contribution in [2.24, 2.45) is 0 Å². The van der Waals surface area contributed by atoms with E-state index in [9.17, 15) is 26.3 Å². The lowest BCUT2D eigenvalue weighted by atomic mass is 9.88. The van der Waals surface area contributed by atoms with Gasteiger partial charge in [0.05, 0.1) is 0 Å². The molecule has 0 heterocycles. The highest BCUT2D eigenvalue weighted by molar-refractivity contribution is 5.85. The molecule has 0 aliphatic rings. The van der Waals surface area contributed by atoms with Gasteiger partial charge in [-0.3, -0.25) is 5.32 Å². The first kappa shape index (κ1) is 17.1. The van der Waals surface area contributed by atoms with Crippen LogP contribution in [0.25, 0.3) is 0 Å². The van der Waals surface area contributed by atoms with Crippen molar-refractivity contribution in [3.8, 4) is 0 Å². The summed E-state index contributed by atoms with van der Waals surface area (Å²) in [5, 5.41) is 1.36. The van der Waals surface area contributed by atoms with E-state index in [1.54, 1.807) is 0 Å². The smallest absolute Gasteiger partial charge is 0.295 e. The number of hydrogen-bond donors (Lipinski definition) is 1. The van der Waals surface area contributed by atoms with Gasteiger partial charge in [0.15, 0.2) is 0 Å². The van der Waals surface area contributed by atoms with Gasteiger partial charge in [-0.25, -0.2) is 0 Å². The Labute approximate surface area is 106 Å². The van der Waals surface area contributed by atoms with Crippen molar-refractivity contribution in [1.82, 2.24) is 5.32 Å². The zero-order valence-corrected chi connectivity index (χ0v) is 9.88. The van der Waals surface area contributed by atoms with E-state index in [-0.39, 0.29) is 12.4 Å². The first-order chi connectivity index (χ1) is 7.67. The van der Waals surface area contributed by atoms with Crippen molar-refractivity contribution in [3.05, 3.63) is 35.9 Å². The van der Waals surface area contributed by atoms with Crippen LogP contribution >= 0.6 is 12.4 Å². The molecule has 18 heavy (non-hydrogen) atoms. The van der Waals surface area contributed by atoms with E-state index < -0.39 is 23.5 Å². The normalized spacial score (nSPS) is 13.1. The van der Waals surface area contributed by atoms with Gasteiger partial charge in [-0.05, 0) is 12.6 Å². The van der Waals surface area contributed by atoms with Crippen LogP contribution < -0.4 is 5.32 Å². The molecule has 0 spiro atoms. The zero-order valence-electron chi connectivity index (χ0n) is 9.06. The minimum Gasteiger partial charge on any atom is -0.295 e. The summed E-state index contributed by atoms with van der Waals surface area (Å²) in [6.07, 6.45) is -11.0. The van der Waals surface area contributed by atoms with Gasteiger partial charge in [-0.1, -0.05) is 30.3 Å². The molecule has 0 saturated heterocycles. The third kappa shape index (κ3) is 2.56. The summed E-state index contributed by atoms with van der Waals surface area (Å²) in [7, 11) is 0.633. The zero-order chi connectivity index (χ0) is 13.3. The molecule has 1 rings (SSSR count). The van der Waals surface area contributed by atoms with Crippen molar-refractivity contribution < 1.29 is 26.3 Å². The van der Waals surface area contributed by atoms with Gasteiger partial charge in [0.2, 0.25) is 5.54 Å². The molecule has 8 heteroatoms. The topological polar surface area (TPSA) is 12.0 Å². The molecule has 0 radical (unpaired) electrons. The summed E-state index contributed by atoms with van der Waals surface area (Å²) in [4.78, 5) is 0. The molecule has 104 valence electrons. The van der Waals surface area contributed by atoms with Gasteiger partial charge in [0.1, 0.15) is 0 Å². The van der Waals surface area contributed by atoms with E-state index in [0.717, 1.165) is 24.3 Å². The number of hydrogen-bond acceptors (Lipinski definition) is 1. The summed E-state index contributed by atoms with van der Waals surface area (Å²) in [6.45, 7) is 0. The van der Waals surface area contributed by atoms with E-state index >= 15 is 0 Å². The Bertz CT molecular complexity index is 358. The molecule has 0 bridgehead atoms. The highest BCUT2D eigenvalue weighted by Gasteiger charge is 2.71. The lowest BCUT2D eigenvalue weighted by Gasteiger charge is -2.37. The molecule has 1 aromatic rings. The Kier molecular flexibility index (Phi) is 5.07. The van der Waals surface area contributed by atoms with Crippen molar-refractivity contribution >= 4 is 12.4 Å². The highest BCUT2D eigenvalue weighted by Crippen LogP contribution is 2.49. The lowest BCUT2D eigenvalue weighted by Crippen LogP contribution is -2.62. The van der Waals surface area contributed by atoms with E-state index in [0.29, 0.717) is 7.05 Å². The average Bonchev–Trinajstić information content (AvgIpc) is 2.16. The summed E-state index contributed by atoms with van der Waals surface area (Å²) in [6, 6.07) is 5.17. The van der Waals surface area contributed by atoms with Crippen molar-refractivity contribution in [2.45, 2.75) is 17.9 Å². The summed E-state index contributed by atoms with van der Waals surface area (Å²) in [5.74, 6) is 0. The first-order valence-electron chi connectivity index (χ1n) is 4.54. The van der Waals surface area contributed by atoms with Crippen LogP contribution in [0.15, 0.2) is 30.3 Å². The standard InChI is InChI=1S/C10H9F6N.ClH/c1-17-8(9(11,12)13,10(14,15)16)7-5-3-2-4-6-7;/h2-6,17H,1H3;1H. The van der Waals surface area contributed by atoms with Gasteiger partial charge in [-0.15, -0.1) is 12.4 Å². The molecule has 1 aromatic carbocycles. The number of alkyl halides is 6. The first-order valence-corrected chi connectivity index (χ1v) is 4.54. The van der Waals surface area contributed by atoms with Crippen LogP contribution in [0.2, 0.25) is 0 Å². The Morgan fingerprint density at radius 3 is 1.50 bits per heavy atom. The maximum absolute atomic E-state index is 12.8. The van der Waals surface area contributed by atoms with Gasteiger partial charge in [-0.2, -0.15) is 26.3 Å². The van der Waals surface area contributed by atoms with Gasteiger partial charge >= 0.3 is 12.4 Å². The Morgan fingerprint density at radius 2 is 1.22 bits per heavy atom. The molecule has 0 saturated carbocycles. The number of halogens is 7. The Hall–Kier alpha value is -0.950. The monoisotopic (exact) mass is 293 g/mol. The van der Waals surface area contributed by atoms with Crippen molar-refractivity contribution in [1.29, 1.82) is 0 Å². The Morgan fingerprint density at radius 1 is 0.833 bits per heavy atom. The summed E-state index contributed by atoms with van der Waals surface area (Å²) < 4.78 is 76.6. The second-order valence-electron chi connectivity index (χ2n) is 3.36. The van der Waals surface area contributed by atoms with E-state index in [1.807, 2.05) is 0 Å². The number of rotatable bonds is 2. The largest absolute Gasteiger partial charge is 0.419 e. The quantitative estimate of drug-likeness (QED) is 0.821. The molecule has 0 atom stereocenters. The molecule has 0 aromatic heterocycles. The number of benzene rings is 1. The van der Waals surface area contributed by atoms with Crippen LogP contribution in [0.1, 0.15) is 5.56 Å². The molecular formula is C10H10ClF6N. The van der Waals surface area contributed by atoms with Crippen molar-refractivity contribution in [3.63, 3.8) is 0 Å². The minimum atomic E-state index is -5.48. The Balaban J connectivity index is 0.00000289. The fraction of sp³-hybridized carbons (Fsp3) is 0.400. The van der Waals surface area contributed by atoms with Crippen LogP contribution in [0, 0.1) is 0 Å². The molecule has 1 nitrogen and oxygen atoms in total. The van der Waals surface area contributed by atoms with Gasteiger partial charge in [0, 0.05) is 0 Å². The second-order valence-corrected chi connectivity index (χ2v) is 3.36. The third-order valence-corrected chi connectivity index (χ3v) is 2.43. The molecular weight excluding hydrogens is 284 g/mol. The summed E-state index contributed by atoms with van der Waals surface area (Å²) in [5.41, 5.74) is -4.93. The maximum atomic E-state index is 12.8.